The number of nitrogens with zero attached hydrogens (tertiary/aromatic N) is 3. The van der Waals surface area contributed by atoms with Crippen LogP contribution in [0, 0.1) is 13.8 Å². The number of aromatic amines is 1. The molecule has 2 fully saturated rings. The number of rotatable bonds is 8. The largest absolute Gasteiger partial charge is 0.697 e. The SMILES string of the molecule is Cc1cn([C@H]2CC(O[P+](=O)OCC3CCC(n4cc(C)c(=O)[nH]c4=O)O3)[C@@H](CO)O2)c(=O)nc1N. The summed E-state index contributed by atoms with van der Waals surface area (Å²) in [6.07, 6.45) is 0.709. The lowest BCUT2D eigenvalue weighted by Crippen LogP contribution is -2.33. The highest BCUT2D eigenvalue weighted by atomic mass is 31.1. The van der Waals surface area contributed by atoms with Crippen molar-refractivity contribution in [3.63, 3.8) is 0 Å². The number of hydrogen-bond donors (Lipinski definition) is 3. The molecular formula is C20H27N5O9P+. The van der Waals surface area contributed by atoms with Crippen LogP contribution in [0.4, 0.5) is 5.82 Å². The molecular weight excluding hydrogens is 485 g/mol. The summed E-state index contributed by atoms with van der Waals surface area (Å²) >= 11 is 0. The van der Waals surface area contributed by atoms with Gasteiger partial charge in [-0.1, -0.05) is 0 Å². The van der Waals surface area contributed by atoms with Gasteiger partial charge in [-0.3, -0.25) is 18.9 Å². The zero-order valence-corrected chi connectivity index (χ0v) is 20.1. The fourth-order valence-electron chi connectivity index (χ4n) is 4.03. The summed E-state index contributed by atoms with van der Waals surface area (Å²) in [5.74, 6) is 0.115. The van der Waals surface area contributed by atoms with E-state index in [0.29, 0.717) is 24.0 Å². The Bertz CT molecular complexity index is 1270. The van der Waals surface area contributed by atoms with Crippen molar-refractivity contribution in [3.8, 4) is 0 Å². The Morgan fingerprint density at radius 2 is 1.91 bits per heavy atom. The van der Waals surface area contributed by atoms with Gasteiger partial charge in [0.25, 0.3) is 5.56 Å². The number of nitrogens with one attached hydrogen (secondary N) is 1. The monoisotopic (exact) mass is 512 g/mol. The highest BCUT2D eigenvalue weighted by molar-refractivity contribution is 7.33. The predicted octanol–water partition coefficient (Wildman–Crippen LogP) is 0.00914. The van der Waals surface area contributed by atoms with E-state index in [1.165, 1.54) is 21.5 Å². The Hall–Kier alpha value is -2.74. The van der Waals surface area contributed by atoms with E-state index in [1.54, 1.807) is 13.8 Å². The van der Waals surface area contributed by atoms with Gasteiger partial charge in [0.15, 0.2) is 0 Å². The quantitative estimate of drug-likeness (QED) is 0.404. The number of nitrogens with two attached hydrogens (primary N) is 1. The molecule has 4 heterocycles. The van der Waals surface area contributed by atoms with Gasteiger partial charge in [-0.25, -0.2) is 9.59 Å². The Balaban J connectivity index is 1.31. The molecule has 35 heavy (non-hydrogen) atoms. The lowest BCUT2D eigenvalue weighted by molar-refractivity contribution is -0.0451. The van der Waals surface area contributed by atoms with Crippen molar-refractivity contribution in [3.05, 3.63) is 54.8 Å². The minimum atomic E-state index is -2.59. The summed E-state index contributed by atoms with van der Waals surface area (Å²) in [5.41, 5.74) is 4.99. The first-order valence-corrected chi connectivity index (χ1v) is 12.1. The van der Waals surface area contributed by atoms with Crippen LogP contribution in [-0.2, 0) is 23.1 Å². The lowest BCUT2D eigenvalue weighted by Gasteiger charge is -2.15. The van der Waals surface area contributed by atoms with Gasteiger partial charge < -0.3 is 20.3 Å². The van der Waals surface area contributed by atoms with E-state index < -0.39 is 62.6 Å². The first-order chi connectivity index (χ1) is 16.7. The molecule has 14 nitrogen and oxygen atoms in total. The van der Waals surface area contributed by atoms with Crippen molar-refractivity contribution in [2.75, 3.05) is 18.9 Å². The van der Waals surface area contributed by atoms with Gasteiger partial charge in [-0.2, -0.15) is 4.98 Å². The molecule has 2 saturated heterocycles. The number of aliphatic hydroxyl groups is 1. The molecule has 0 amide bonds. The molecule has 0 spiro atoms. The molecule has 15 heteroatoms. The minimum absolute atomic E-state index is 0.0515. The van der Waals surface area contributed by atoms with Crippen molar-refractivity contribution in [2.24, 2.45) is 0 Å². The number of aliphatic hydroxyl groups excluding tert-OH is 1. The maximum atomic E-state index is 12.4. The summed E-state index contributed by atoms with van der Waals surface area (Å²) < 4.78 is 37.3. The highest BCUT2D eigenvalue weighted by Gasteiger charge is 2.44. The maximum absolute atomic E-state index is 12.4. The molecule has 4 unspecified atom stereocenters. The second-order valence-electron chi connectivity index (χ2n) is 8.48. The van der Waals surface area contributed by atoms with Crippen LogP contribution in [-0.4, -0.2) is 55.7 Å². The lowest BCUT2D eigenvalue weighted by atomic mass is 10.2. The zero-order valence-electron chi connectivity index (χ0n) is 19.2. The molecule has 0 saturated carbocycles. The molecule has 190 valence electrons. The van der Waals surface area contributed by atoms with Gasteiger partial charge in [0.1, 0.15) is 37.1 Å². The van der Waals surface area contributed by atoms with E-state index in [0.717, 1.165) is 0 Å². The topological polar surface area (TPSA) is 190 Å². The summed E-state index contributed by atoms with van der Waals surface area (Å²) in [7, 11) is -2.59. The average molecular weight is 512 g/mol. The molecule has 0 aromatic carbocycles. The van der Waals surface area contributed by atoms with Crippen LogP contribution >= 0.6 is 8.25 Å². The molecule has 2 aromatic rings. The zero-order chi connectivity index (χ0) is 25.3. The van der Waals surface area contributed by atoms with E-state index >= 15 is 0 Å². The molecule has 0 bridgehead atoms. The third kappa shape index (κ3) is 5.58. The van der Waals surface area contributed by atoms with E-state index in [4.69, 9.17) is 24.3 Å². The van der Waals surface area contributed by atoms with Gasteiger partial charge in [-0.05, 0) is 26.7 Å². The number of aryl methyl sites for hydroxylation is 2. The third-order valence-electron chi connectivity index (χ3n) is 5.97. The predicted molar refractivity (Wildman–Crippen MR) is 121 cm³/mol. The second-order valence-corrected chi connectivity index (χ2v) is 9.39. The highest BCUT2D eigenvalue weighted by Crippen LogP contribution is 2.38. The summed E-state index contributed by atoms with van der Waals surface area (Å²) in [5, 5.41) is 9.65. The van der Waals surface area contributed by atoms with Crippen molar-refractivity contribution in [2.45, 2.75) is 63.9 Å². The average Bonchev–Trinajstić information content (AvgIpc) is 3.44. The van der Waals surface area contributed by atoms with Crippen molar-refractivity contribution in [1.82, 2.24) is 19.1 Å². The van der Waals surface area contributed by atoms with Crippen molar-refractivity contribution < 1.29 is 28.2 Å². The Morgan fingerprint density at radius 3 is 2.66 bits per heavy atom. The van der Waals surface area contributed by atoms with Gasteiger partial charge in [0.05, 0.1) is 12.7 Å². The molecule has 6 atom stereocenters. The first-order valence-electron chi connectivity index (χ1n) is 11.0. The van der Waals surface area contributed by atoms with Crippen LogP contribution in [0.3, 0.4) is 0 Å². The molecule has 4 N–H and O–H groups in total. The van der Waals surface area contributed by atoms with Gasteiger partial charge in [-0.15, -0.1) is 9.05 Å². The molecule has 0 aliphatic carbocycles. The van der Waals surface area contributed by atoms with Gasteiger partial charge in [0, 0.05) is 34.5 Å². The first kappa shape index (κ1) is 25.4. The Labute approximate surface area is 199 Å². The van der Waals surface area contributed by atoms with E-state index in [2.05, 4.69) is 9.97 Å². The molecule has 4 rings (SSSR count). The standard InChI is InChI=1S/C20H26N5O9P/c1-10-6-25(19(28)22-17(10)21)16-5-13(14(8-26)33-16)34-35(30)31-9-12-3-4-15(32-12)24-7-11(2)18(27)23-20(24)29/h6-7,12-16,26H,3-5,8-9H2,1-2H3,(H2-,21,22,23,27,28,29)/p+1/t12?,13?,14-,15?,16-/m1/s1. The Morgan fingerprint density at radius 1 is 1.17 bits per heavy atom. The maximum Gasteiger partial charge on any atom is 0.697 e. The minimum Gasteiger partial charge on any atom is -0.394 e. The Kier molecular flexibility index (Phi) is 7.59. The number of ether oxygens (including phenoxy) is 2. The fraction of sp³-hybridized carbons (Fsp3) is 0.600. The molecule has 0 radical (unpaired) electrons. The van der Waals surface area contributed by atoms with E-state index in [-0.39, 0.29) is 18.8 Å². The van der Waals surface area contributed by atoms with Crippen molar-refractivity contribution in [1.29, 1.82) is 0 Å². The normalized spacial score (nSPS) is 26.8. The van der Waals surface area contributed by atoms with Crippen LogP contribution < -0.4 is 22.7 Å². The van der Waals surface area contributed by atoms with Gasteiger partial charge in [0.2, 0.25) is 0 Å². The van der Waals surface area contributed by atoms with Crippen LogP contribution in [0.1, 0.15) is 42.8 Å². The van der Waals surface area contributed by atoms with Crippen LogP contribution in [0.5, 0.6) is 0 Å². The smallest absolute Gasteiger partial charge is 0.394 e. The molecule has 2 aliphatic rings. The summed E-state index contributed by atoms with van der Waals surface area (Å²) in [6, 6.07) is 0. The number of H-pyrrole nitrogens is 1. The number of nitrogen functional groups attached to an aromatic ring is 1. The number of aromatic nitrogens is 4. The van der Waals surface area contributed by atoms with Crippen LogP contribution in [0.2, 0.25) is 0 Å². The summed E-state index contributed by atoms with van der Waals surface area (Å²) in [4.78, 5) is 41.8. The van der Waals surface area contributed by atoms with E-state index in [1.807, 2.05) is 0 Å². The summed E-state index contributed by atoms with van der Waals surface area (Å²) in [6.45, 7) is 2.82. The van der Waals surface area contributed by atoms with Crippen molar-refractivity contribution >= 4 is 14.1 Å². The fourth-order valence-corrected chi connectivity index (χ4v) is 4.82. The third-order valence-corrected chi connectivity index (χ3v) is 6.78. The molecule has 2 aromatic heterocycles. The van der Waals surface area contributed by atoms with Crippen LogP contribution in [0.25, 0.3) is 0 Å². The second kappa shape index (κ2) is 10.5. The van der Waals surface area contributed by atoms with Crippen LogP contribution in [0.15, 0.2) is 26.8 Å². The molecule has 2 aliphatic heterocycles. The number of anilines is 1. The van der Waals surface area contributed by atoms with Gasteiger partial charge >= 0.3 is 19.6 Å². The number of hydrogen-bond acceptors (Lipinski definition) is 11. The van der Waals surface area contributed by atoms with E-state index in [9.17, 15) is 24.1 Å².